The van der Waals surface area contributed by atoms with Gasteiger partial charge in [0.1, 0.15) is 5.76 Å². The molecule has 0 aromatic carbocycles. The number of hydrogen-bond acceptors (Lipinski definition) is 4. The lowest BCUT2D eigenvalue weighted by Crippen LogP contribution is -2.13. The molecule has 0 aliphatic rings. The molecule has 5 nitrogen and oxygen atoms in total. The van der Waals surface area contributed by atoms with Crippen molar-refractivity contribution in [3.63, 3.8) is 0 Å². The van der Waals surface area contributed by atoms with E-state index in [2.05, 4.69) is 20.4 Å². The van der Waals surface area contributed by atoms with E-state index < -0.39 is 0 Å². The Balaban J connectivity index is 1.81. The first kappa shape index (κ1) is 8.96. The summed E-state index contributed by atoms with van der Waals surface area (Å²) in [6, 6.07) is 1.84. The Morgan fingerprint density at radius 3 is 3.07 bits per heavy atom. The zero-order valence-electron chi connectivity index (χ0n) is 7.95. The van der Waals surface area contributed by atoms with Gasteiger partial charge < -0.3 is 14.8 Å². The summed E-state index contributed by atoms with van der Waals surface area (Å²) in [5.74, 6) is 0.832. The van der Waals surface area contributed by atoms with Crippen molar-refractivity contribution in [1.29, 1.82) is 0 Å². The number of imidazole rings is 1. The van der Waals surface area contributed by atoms with Crippen LogP contribution in [0.5, 0.6) is 0 Å². The lowest BCUT2D eigenvalue weighted by Gasteiger charge is -1.99. The molecule has 0 atom stereocenters. The first-order chi connectivity index (χ1) is 6.86. The molecular formula is C9H12N4O. The minimum atomic E-state index is 0.673. The van der Waals surface area contributed by atoms with E-state index in [9.17, 15) is 0 Å². The number of hydrogen-bond donors (Lipinski definition) is 2. The summed E-state index contributed by atoms with van der Waals surface area (Å²) in [5.41, 5.74) is 2.12. The fourth-order valence-electron chi connectivity index (χ4n) is 1.20. The number of rotatable bonds is 4. The summed E-state index contributed by atoms with van der Waals surface area (Å²) in [6.07, 6.45) is 3.33. The lowest BCUT2D eigenvalue weighted by atomic mass is 10.3. The van der Waals surface area contributed by atoms with Gasteiger partial charge in [-0.3, -0.25) is 0 Å². The van der Waals surface area contributed by atoms with Gasteiger partial charge in [0.25, 0.3) is 0 Å². The zero-order valence-corrected chi connectivity index (χ0v) is 7.95. The van der Waals surface area contributed by atoms with Crippen LogP contribution >= 0.6 is 0 Å². The maximum absolute atomic E-state index is 4.94. The van der Waals surface area contributed by atoms with Crippen LogP contribution in [0.3, 0.4) is 0 Å². The van der Waals surface area contributed by atoms with E-state index in [1.165, 1.54) is 0 Å². The maximum atomic E-state index is 4.94. The van der Waals surface area contributed by atoms with Crippen molar-refractivity contribution in [2.75, 3.05) is 0 Å². The van der Waals surface area contributed by atoms with Gasteiger partial charge in [0.2, 0.25) is 0 Å². The van der Waals surface area contributed by atoms with Crippen molar-refractivity contribution in [3.8, 4) is 0 Å². The Bertz CT molecular complexity index is 379. The van der Waals surface area contributed by atoms with Crippen LogP contribution in [-0.2, 0) is 13.1 Å². The number of nitrogens with zero attached hydrogens (tertiary/aromatic N) is 2. The second kappa shape index (κ2) is 4.06. The molecule has 0 saturated heterocycles. The monoisotopic (exact) mass is 192 g/mol. The van der Waals surface area contributed by atoms with Gasteiger partial charge in [-0.05, 0) is 6.92 Å². The van der Waals surface area contributed by atoms with Gasteiger partial charge in [-0.2, -0.15) is 0 Å². The predicted octanol–water partition coefficient (Wildman–Crippen LogP) is 0.996. The van der Waals surface area contributed by atoms with Crippen molar-refractivity contribution in [2.45, 2.75) is 20.0 Å². The average molecular weight is 192 g/mol. The third-order valence-electron chi connectivity index (χ3n) is 2.02. The molecule has 0 aliphatic heterocycles. The van der Waals surface area contributed by atoms with Gasteiger partial charge in [0.05, 0.1) is 24.8 Å². The Labute approximate surface area is 81.5 Å². The van der Waals surface area contributed by atoms with Gasteiger partial charge in [-0.15, -0.1) is 0 Å². The van der Waals surface area contributed by atoms with Gasteiger partial charge in [-0.1, -0.05) is 5.16 Å². The van der Waals surface area contributed by atoms with Crippen LogP contribution in [0, 0.1) is 6.92 Å². The predicted molar refractivity (Wildman–Crippen MR) is 50.4 cm³/mol. The number of nitrogens with one attached hydrogen (secondary N) is 2. The summed E-state index contributed by atoms with van der Waals surface area (Å²) in [5, 5.41) is 6.83. The van der Waals surface area contributed by atoms with E-state index in [1.54, 1.807) is 12.5 Å². The van der Waals surface area contributed by atoms with Crippen LogP contribution in [0.2, 0.25) is 0 Å². The second-order valence-electron chi connectivity index (χ2n) is 3.06. The largest absolute Gasteiger partial charge is 0.360 e. The van der Waals surface area contributed by atoms with Gasteiger partial charge >= 0.3 is 0 Å². The molecule has 74 valence electrons. The quantitative estimate of drug-likeness (QED) is 0.758. The molecule has 2 aromatic rings. The third-order valence-corrected chi connectivity index (χ3v) is 2.02. The SMILES string of the molecule is Cc1[nH]cnc1CNCc1ccno1. The Hall–Kier alpha value is -1.62. The summed E-state index contributed by atoms with van der Waals surface area (Å²) in [4.78, 5) is 7.20. The molecule has 2 heterocycles. The molecule has 5 heteroatoms. The summed E-state index contributed by atoms with van der Waals surface area (Å²) in [6.45, 7) is 3.40. The van der Waals surface area contributed by atoms with Crippen molar-refractivity contribution >= 4 is 0 Å². The molecule has 0 saturated carbocycles. The van der Waals surface area contributed by atoms with Gasteiger partial charge in [0.15, 0.2) is 0 Å². The number of H-pyrrole nitrogens is 1. The first-order valence-corrected chi connectivity index (χ1v) is 4.45. The molecular weight excluding hydrogens is 180 g/mol. The molecule has 2 N–H and O–H groups in total. The van der Waals surface area contributed by atoms with Crippen LogP contribution < -0.4 is 5.32 Å². The van der Waals surface area contributed by atoms with Crippen LogP contribution in [0.25, 0.3) is 0 Å². The minimum Gasteiger partial charge on any atom is -0.360 e. The fourth-order valence-corrected chi connectivity index (χ4v) is 1.20. The molecule has 0 aliphatic carbocycles. The number of aryl methyl sites for hydroxylation is 1. The fraction of sp³-hybridized carbons (Fsp3) is 0.333. The molecule has 0 unspecified atom stereocenters. The van der Waals surface area contributed by atoms with Gasteiger partial charge in [-0.25, -0.2) is 4.98 Å². The molecule has 0 radical (unpaired) electrons. The first-order valence-electron chi connectivity index (χ1n) is 4.45. The smallest absolute Gasteiger partial charge is 0.150 e. The van der Waals surface area contributed by atoms with Gasteiger partial charge in [0, 0.05) is 18.3 Å². The molecule has 0 amide bonds. The lowest BCUT2D eigenvalue weighted by molar-refractivity contribution is 0.372. The van der Waals surface area contributed by atoms with Crippen LogP contribution in [0.1, 0.15) is 17.1 Å². The third kappa shape index (κ3) is 2.00. The molecule has 0 fully saturated rings. The second-order valence-corrected chi connectivity index (χ2v) is 3.06. The molecule has 0 bridgehead atoms. The summed E-state index contributed by atoms with van der Waals surface area (Å²) >= 11 is 0. The normalized spacial score (nSPS) is 10.6. The highest BCUT2D eigenvalue weighted by Gasteiger charge is 2.01. The standard InChI is InChI=1S/C9H12N4O/c1-7-9(12-6-11-7)5-10-4-8-2-3-13-14-8/h2-3,6,10H,4-5H2,1H3,(H,11,12). The van der Waals surface area contributed by atoms with Crippen LogP contribution in [-0.4, -0.2) is 15.1 Å². The number of aromatic amines is 1. The topological polar surface area (TPSA) is 66.7 Å². The van der Waals surface area contributed by atoms with Crippen molar-refractivity contribution in [1.82, 2.24) is 20.4 Å². The van der Waals surface area contributed by atoms with E-state index >= 15 is 0 Å². The summed E-state index contributed by atoms with van der Waals surface area (Å²) < 4.78 is 4.94. The molecule has 0 spiro atoms. The Morgan fingerprint density at radius 1 is 1.50 bits per heavy atom. The minimum absolute atomic E-state index is 0.673. The van der Waals surface area contributed by atoms with E-state index in [1.807, 2.05) is 13.0 Å². The zero-order chi connectivity index (χ0) is 9.80. The highest BCUT2D eigenvalue weighted by Crippen LogP contribution is 2.01. The average Bonchev–Trinajstić information content (AvgIpc) is 2.78. The van der Waals surface area contributed by atoms with Crippen LogP contribution in [0.15, 0.2) is 23.1 Å². The highest BCUT2D eigenvalue weighted by atomic mass is 16.5. The number of aromatic nitrogens is 3. The van der Waals surface area contributed by atoms with Crippen molar-refractivity contribution < 1.29 is 4.52 Å². The molecule has 14 heavy (non-hydrogen) atoms. The van der Waals surface area contributed by atoms with E-state index in [-0.39, 0.29) is 0 Å². The highest BCUT2D eigenvalue weighted by molar-refractivity contribution is 5.08. The maximum Gasteiger partial charge on any atom is 0.150 e. The summed E-state index contributed by atoms with van der Waals surface area (Å²) in [7, 11) is 0. The van der Waals surface area contributed by atoms with E-state index in [0.29, 0.717) is 6.54 Å². The Morgan fingerprint density at radius 2 is 2.43 bits per heavy atom. The van der Waals surface area contributed by atoms with E-state index in [4.69, 9.17) is 4.52 Å². The van der Waals surface area contributed by atoms with Crippen molar-refractivity contribution in [3.05, 3.63) is 35.7 Å². The van der Waals surface area contributed by atoms with Crippen molar-refractivity contribution in [2.24, 2.45) is 0 Å². The molecule has 2 aromatic heterocycles. The Kier molecular flexibility index (Phi) is 2.60. The molecule has 2 rings (SSSR count). The van der Waals surface area contributed by atoms with Crippen LogP contribution in [0.4, 0.5) is 0 Å². The van der Waals surface area contributed by atoms with E-state index in [0.717, 1.165) is 23.7 Å².